The third-order valence-corrected chi connectivity index (χ3v) is 6.05. The number of nitrogens with zero attached hydrogens (tertiary/aromatic N) is 4. The van der Waals surface area contributed by atoms with Crippen molar-refractivity contribution < 1.29 is 14.3 Å². The lowest BCUT2D eigenvalue weighted by atomic mass is 10.1. The fraction of sp³-hybridized carbons (Fsp3) is 0.227. The number of hydrogen-bond acceptors (Lipinski definition) is 6. The van der Waals surface area contributed by atoms with Crippen molar-refractivity contribution in [3.05, 3.63) is 65.7 Å². The van der Waals surface area contributed by atoms with Gasteiger partial charge in [0.2, 0.25) is 0 Å². The summed E-state index contributed by atoms with van der Waals surface area (Å²) in [7, 11) is 3.12. The van der Waals surface area contributed by atoms with Crippen LogP contribution < -0.4 is 14.4 Å². The first-order valence-electron chi connectivity index (χ1n) is 9.64. The number of hydrogen-bond donors (Lipinski definition) is 0. The molecular formula is C22H21ClN4O3S. The normalized spacial score (nSPS) is 10.9. The molecule has 2 aromatic heterocycles. The van der Waals surface area contributed by atoms with Crippen molar-refractivity contribution in [2.75, 3.05) is 25.7 Å². The molecule has 0 aliphatic rings. The van der Waals surface area contributed by atoms with Gasteiger partial charge in [-0.1, -0.05) is 22.9 Å². The molecule has 0 radical (unpaired) electrons. The first-order valence-corrected chi connectivity index (χ1v) is 10.8. The van der Waals surface area contributed by atoms with Crippen LogP contribution in [0.2, 0.25) is 5.02 Å². The Hall–Kier alpha value is -3.10. The van der Waals surface area contributed by atoms with Gasteiger partial charge in [0.1, 0.15) is 11.5 Å². The summed E-state index contributed by atoms with van der Waals surface area (Å²) >= 11 is 7.57. The van der Waals surface area contributed by atoms with Crippen LogP contribution in [0, 0.1) is 0 Å². The molecule has 0 N–H and O–H groups in total. The largest absolute Gasteiger partial charge is 0.497 e. The van der Waals surface area contributed by atoms with Gasteiger partial charge in [-0.15, -0.1) is 0 Å². The fourth-order valence-electron chi connectivity index (χ4n) is 3.20. The Kier molecular flexibility index (Phi) is 6.39. The maximum absolute atomic E-state index is 13.6. The minimum absolute atomic E-state index is 0.173. The summed E-state index contributed by atoms with van der Waals surface area (Å²) in [6.45, 7) is 1.23. The second kappa shape index (κ2) is 9.36. The zero-order valence-corrected chi connectivity index (χ0v) is 18.7. The summed E-state index contributed by atoms with van der Waals surface area (Å²) in [6, 6.07) is 10.7. The van der Waals surface area contributed by atoms with Crippen molar-refractivity contribution in [3.63, 3.8) is 0 Å². The minimum atomic E-state index is -0.173. The zero-order chi connectivity index (χ0) is 21.8. The Labute approximate surface area is 188 Å². The molecule has 0 aliphatic heterocycles. The predicted molar refractivity (Wildman–Crippen MR) is 123 cm³/mol. The number of thiazole rings is 1. The monoisotopic (exact) mass is 456 g/mol. The van der Waals surface area contributed by atoms with E-state index in [1.807, 2.05) is 22.9 Å². The molecule has 4 rings (SSSR count). The second-order valence-electron chi connectivity index (χ2n) is 6.82. The van der Waals surface area contributed by atoms with Gasteiger partial charge in [-0.05, 0) is 36.8 Å². The van der Waals surface area contributed by atoms with Gasteiger partial charge >= 0.3 is 0 Å². The molecule has 0 aliphatic carbocycles. The van der Waals surface area contributed by atoms with E-state index in [2.05, 4.69) is 9.97 Å². The van der Waals surface area contributed by atoms with E-state index in [0.717, 1.165) is 23.2 Å². The van der Waals surface area contributed by atoms with Crippen molar-refractivity contribution in [1.82, 2.24) is 14.5 Å². The van der Waals surface area contributed by atoms with Crippen LogP contribution in [0.1, 0.15) is 16.8 Å². The summed E-state index contributed by atoms with van der Waals surface area (Å²) in [5.41, 5.74) is 1.27. The van der Waals surface area contributed by atoms with Crippen LogP contribution in [-0.2, 0) is 6.54 Å². The highest BCUT2D eigenvalue weighted by atomic mass is 35.5. The number of amides is 1. The van der Waals surface area contributed by atoms with E-state index in [0.29, 0.717) is 33.8 Å². The van der Waals surface area contributed by atoms with E-state index in [1.54, 1.807) is 55.9 Å². The molecule has 9 heteroatoms. The van der Waals surface area contributed by atoms with E-state index in [1.165, 1.54) is 11.3 Å². The molecule has 2 heterocycles. The molecule has 0 spiro atoms. The van der Waals surface area contributed by atoms with Gasteiger partial charge in [-0.3, -0.25) is 9.69 Å². The van der Waals surface area contributed by atoms with E-state index in [4.69, 9.17) is 21.1 Å². The molecule has 2 aromatic carbocycles. The highest BCUT2D eigenvalue weighted by molar-refractivity contribution is 7.22. The zero-order valence-electron chi connectivity index (χ0n) is 17.1. The molecular weight excluding hydrogens is 436 g/mol. The molecule has 0 saturated heterocycles. The topological polar surface area (TPSA) is 69.5 Å². The molecule has 0 saturated carbocycles. The maximum atomic E-state index is 13.6. The van der Waals surface area contributed by atoms with Gasteiger partial charge < -0.3 is 14.0 Å². The number of carbonyl (C=O) groups excluding carboxylic acids is 1. The Balaban J connectivity index is 1.67. The first-order chi connectivity index (χ1) is 15.1. The third-order valence-electron chi connectivity index (χ3n) is 4.77. The Bertz CT molecular complexity index is 1170. The van der Waals surface area contributed by atoms with Crippen LogP contribution in [0.4, 0.5) is 5.13 Å². The van der Waals surface area contributed by atoms with Crippen LogP contribution in [0.15, 0.2) is 55.1 Å². The van der Waals surface area contributed by atoms with Gasteiger partial charge in [0.05, 0.1) is 30.8 Å². The van der Waals surface area contributed by atoms with E-state index in [9.17, 15) is 4.79 Å². The van der Waals surface area contributed by atoms with Gasteiger partial charge in [0, 0.05) is 42.1 Å². The van der Waals surface area contributed by atoms with Crippen molar-refractivity contribution >= 4 is 44.2 Å². The summed E-state index contributed by atoms with van der Waals surface area (Å²) < 4.78 is 13.6. The van der Waals surface area contributed by atoms with Crippen molar-refractivity contribution in [1.29, 1.82) is 0 Å². The average Bonchev–Trinajstić information content (AvgIpc) is 3.45. The lowest BCUT2D eigenvalue weighted by Gasteiger charge is -2.20. The smallest absolute Gasteiger partial charge is 0.260 e. The Morgan fingerprint density at radius 2 is 1.94 bits per heavy atom. The highest BCUT2D eigenvalue weighted by Crippen LogP contribution is 2.32. The number of imidazole rings is 1. The number of fused-ring (bicyclic) bond motifs is 1. The SMILES string of the molecule is COc1cc(OC)cc(C(=O)N(CCCn2ccnc2)c2nc3ccc(Cl)cc3s2)c1. The van der Waals surface area contributed by atoms with Crippen LogP contribution in [0.3, 0.4) is 0 Å². The molecule has 1 amide bonds. The van der Waals surface area contributed by atoms with E-state index < -0.39 is 0 Å². The van der Waals surface area contributed by atoms with Crippen LogP contribution >= 0.6 is 22.9 Å². The molecule has 4 aromatic rings. The molecule has 0 atom stereocenters. The number of aromatic nitrogens is 3. The van der Waals surface area contributed by atoms with Gasteiger partial charge in [0.25, 0.3) is 5.91 Å². The van der Waals surface area contributed by atoms with Crippen molar-refractivity contribution in [2.24, 2.45) is 0 Å². The number of halogens is 1. The number of carbonyl (C=O) groups is 1. The van der Waals surface area contributed by atoms with Gasteiger partial charge in [0.15, 0.2) is 5.13 Å². The maximum Gasteiger partial charge on any atom is 0.260 e. The fourth-order valence-corrected chi connectivity index (χ4v) is 4.47. The minimum Gasteiger partial charge on any atom is -0.497 e. The van der Waals surface area contributed by atoms with Crippen LogP contribution in [0.5, 0.6) is 11.5 Å². The van der Waals surface area contributed by atoms with Crippen LogP contribution in [0.25, 0.3) is 10.2 Å². The van der Waals surface area contributed by atoms with Gasteiger partial charge in [-0.2, -0.15) is 0 Å². The van der Waals surface area contributed by atoms with E-state index in [-0.39, 0.29) is 5.91 Å². The number of rotatable bonds is 8. The highest BCUT2D eigenvalue weighted by Gasteiger charge is 2.22. The van der Waals surface area contributed by atoms with E-state index >= 15 is 0 Å². The number of methoxy groups -OCH3 is 2. The molecule has 7 nitrogen and oxygen atoms in total. The summed E-state index contributed by atoms with van der Waals surface area (Å²) in [4.78, 5) is 24.0. The Morgan fingerprint density at radius 3 is 2.61 bits per heavy atom. The first kappa shape index (κ1) is 21.1. The molecule has 31 heavy (non-hydrogen) atoms. The number of ether oxygens (including phenoxy) is 2. The predicted octanol–water partition coefficient (Wildman–Crippen LogP) is 4.90. The summed E-state index contributed by atoms with van der Waals surface area (Å²) in [6.07, 6.45) is 6.14. The second-order valence-corrected chi connectivity index (χ2v) is 8.27. The number of benzene rings is 2. The lowest BCUT2D eigenvalue weighted by molar-refractivity contribution is 0.0985. The molecule has 0 unspecified atom stereocenters. The third kappa shape index (κ3) is 4.81. The molecule has 0 fully saturated rings. The van der Waals surface area contributed by atoms with Crippen molar-refractivity contribution in [3.8, 4) is 11.5 Å². The lowest BCUT2D eigenvalue weighted by Crippen LogP contribution is -2.32. The Morgan fingerprint density at radius 1 is 1.16 bits per heavy atom. The summed E-state index contributed by atoms with van der Waals surface area (Å²) in [5.74, 6) is 0.933. The quantitative estimate of drug-likeness (QED) is 0.377. The standard InChI is InChI=1S/C22H21ClN4O3S/c1-29-17-10-15(11-18(13-17)30-2)21(28)27(8-3-7-26-9-6-24-14-26)22-25-19-5-4-16(23)12-20(19)31-22/h4-6,9-14H,3,7-8H2,1-2H3. The van der Waals surface area contributed by atoms with Gasteiger partial charge in [-0.25, -0.2) is 9.97 Å². The number of anilines is 1. The average molecular weight is 457 g/mol. The van der Waals surface area contributed by atoms with Crippen LogP contribution in [-0.4, -0.2) is 41.2 Å². The summed E-state index contributed by atoms with van der Waals surface area (Å²) in [5, 5.41) is 1.26. The number of aryl methyl sites for hydroxylation is 1. The van der Waals surface area contributed by atoms with Crippen molar-refractivity contribution in [2.45, 2.75) is 13.0 Å². The molecule has 160 valence electrons. The molecule has 0 bridgehead atoms.